The number of nitrogens with one attached hydrogen (secondary N) is 1. The fraction of sp³-hybridized carbons (Fsp3) is 0.167. The van der Waals surface area contributed by atoms with Crippen LogP contribution < -0.4 is 10.1 Å². The first-order chi connectivity index (χ1) is 15.0. The second-order valence-corrected chi connectivity index (χ2v) is 7.67. The van der Waals surface area contributed by atoms with E-state index in [0.717, 1.165) is 5.56 Å². The second kappa shape index (κ2) is 8.78. The molecule has 0 bridgehead atoms. The Labute approximate surface area is 184 Å². The van der Waals surface area contributed by atoms with Crippen LogP contribution >= 0.6 is 11.6 Å². The van der Waals surface area contributed by atoms with E-state index in [2.05, 4.69) is 5.32 Å². The highest BCUT2D eigenvalue weighted by molar-refractivity contribution is 6.32. The van der Waals surface area contributed by atoms with Gasteiger partial charge < -0.3 is 15.0 Å². The van der Waals surface area contributed by atoms with Crippen molar-refractivity contribution in [1.82, 2.24) is 4.90 Å². The van der Waals surface area contributed by atoms with Crippen LogP contribution in [0.1, 0.15) is 33.9 Å². The van der Waals surface area contributed by atoms with Gasteiger partial charge in [0.2, 0.25) is 5.91 Å². The molecule has 31 heavy (non-hydrogen) atoms. The van der Waals surface area contributed by atoms with E-state index in [1.165, 1.54) is 19.2 Å². The smallest absolute Gasteiger partial charge is 0.255 e. The van der Waals surface area contributed by atoms with Gasteiger partial charge in [0.05, 0.1) is 24.6 Å². The topological polar surface area (TPSA) is 58.6 Å². The van der Waals surface area contributed by atoms with Crippen LogP contribution in [0.3, 0.4) is 0 Å². The summed E-state index contributed by atoms with van der Waals surface area (Å²) in [7, 11) is 1.51. The number of carbonyl (C=O) groups is 2. The first-order valence-corrected chi connectivity index (χ1v) is 10.1. The molecule has 3 aromatic rings. The Balaban J connectivity index is 1.58. The number of anilines is 1. The van der Waals surface area contributed by atoms with E-state index in [0.29, 0.717) is 34.1 Å². The van der Waals surface area contributed by atoms with Gasteiger partial charge in [-0.3, -0.25) is 9.59 Å². The normalized spacial score (nSPS) is 13.6. The number of rotatable bonds is 6. The lowest BCUT2D eigenvalue weighted by Crippen LogP contribution is -2.32. The molecule has 3 aromatic carbocycles. The van der Waals surface area contributed by atoms with E-state index in [9.17, 15) is 14.0 Å². The molecule has 1 heterocycles. The number of methoxy groups -OCH3 is 1. The summed E-state index contributed by atoms with van der Waals surface area (Å²) in [5.74, 6) is -0.315. The average Bonchev–Trinajstić information content (AvgIpc) is 3.09. The molecule has 0 aliphatic carbocycles. The number of hydrogen-bond donors (Lipinski definition) is 1. The molecular weight excluding hydrogens is 419 g/mol. The van der Waals surface area contributed by atoms with Gasteiger partial charge in [0.25, 0.3) is 5.91 Å². The van der Waals surface area contributed by atoms with Crippen molar-refractivity contribution in [2.45, 2.75) is 19.0 Å². The Bertz CT molecular complexity index is 1130. The summed E-state index contributed by atoms with van der Waals surface area (Å²) in [4.78, 5) is 27.5. The third-order valence-electron chi connectivity index (χ3n) is 5.29. The number of nitrogens with zero attached hydrogens (tertiary/aromatic N) is 1. The Hall–Kier alpha value is -3.38. The monoisotopic (exact) mass is 438 g/mol. The van der Waals surface area contributed by atoms with Crippen LogP contribution in [0.15, 0.2) is 66.7 Å². The van der Waals surface area contributed by atoms with Crippen molar-refractivity contribution in [3.8, 4) is 5.75 Å². The van der Waals surface area contributed by atoms with Gasteiger partial charge in [0, 0.05) is 17.8 Å². The molecule has 0 radical (unpaired) electrons. The molecule has 7 heteroatoms. The quantitative estimate of drug-likeness (QED) is 0.574. The van der Waals surface area contributed by atoms with E-state index in [-0.39, 0.29) is 24.1 Å². The Morgan fingerprint density at radius 3 is 2.58 bits per heavy atom. The van der Waals surface area contributed by atoms with Crippen LogP contribution in [0.4, 0.5) is 10.1 Å². The van der Waals surface area contributed by atoms with Gasteiger partial charge in [-0.05, 0) is 47.5 Å². The van der Waals surface area contributed by atoms with Gasteiger partial charge >= 0.3 is 0 Å². The average molecular weight is 439 g/mol. The first kappa shape index (κ1) is 20.9. The van der Waals surface area contributed by atoms with Crippen molar-refractivity contribution in [3.63, 3.8) is 0 Å². The lowest BCUT2D eigenvalue weighted by atomic mass is 10.0. The number of benzene rings is 3. The molecule has 1 atom stereocenters. The zero-order valence-electron chi connectivity index (χ0n) is 16.8. The number of carbonyl (C=O) groups excluding carboxylic acids is 2. The van der Waals surface area contributed by atoms with Gasteiger partial charge in [0.15, 0.2) is 0 Å². The minimum atomic E-state index is -0.547. The van der Waals surface area contributed by atoms with Gasteiger partial charge in [0.1, 0.15) is 11.6 Å². The lowest BCUT2D eigenvalue weighted by Gasteiger charge is -2.28. The molecule has 0 fully saturated rings. The lowest BCUT2D eigenvalue weighted by molar-refractivity contribution is -0.117. The van der Waals surface area contributed by atoms with E-state index < -0.39 is 6.04 Å². The summed E-state index contributed by atoms with van der Waals surface area (Å²) in [5.41, 5.74) is 2.73. The minimum absolute atomic E-state index is 0.00894. The maximum atomic E-state index is 13.5. The molecule has 0 aromatic heterocycles. The van der Waals surface area contributed by atoms with Gasteiger partial charge in [-0.2, -0.15) is 0 Å². The zero-order chi connectivity index (χ0) is 22.0. The van der Waals surface area contributed by atoms with Crippen molar-refractivity contribution in [2.75, 3.05) is 12.4 Å². The van der Waals surface area contributed by atoms with Crippen LogP contribution in [0.5, 0.6) is 5.75 Å². The Morgan fingerprint density at radius 1 is 1.16 bits per heavy atom. The predicted octanol–water partition coefficient (Wildman–Crippen LogP) is 5.21. The third-order valence-corrected chi connectivity index (χ3v) is 5.59. The maximum Gasteiger partial charge on any atom is 0.255 e. The molecule has 1 aliphatic heterocycles. The molecule has 0 saturated heterocycles. The number of hydrogen-bond acceptors (Lipinski definition) is 3. The Kier molecular flexibility index (Phi) is 5.91. The molecule has 0 unspecified atom stereocenters. The third kappa shape index (κ3) is 4.39. The molecular formula is C24H20ClFN2O3. The summed E-state index contributed by atoms with van der Waals surface area (Å²) >= 11 is 6.14. The van der Waals surface area contributed by atoms with Crippen LogP contribution in [0.2, 0.25) is 5.02 Å². The highest BCUT2D eigenvalue weighted by Gasteiger charge is 2.34. The number of amides is 2. The van der Waals surface area contributed by atoms with E-state index in [1.54, 1.807) is 41.3 Å². The van der Waals surface area contributed by atoms with Gasteiger partial charge in [-0.1, -0.05) is 41.9 Å². The fourth-order valence-corrected chi connectivity index (χ4v) is 4.01. The second-order valence-electron chi connectivity index (χ2n) is 7.26. The highest BCUT2D eigenvalue weighted by atomic mass is 35.5. The maximum absolute atomic E-state index is 13.5. The summed E-state index contributed by atoms with van der Waals surface area (Å²) in [6.07, 6.45) is 0.00894. The molecule has 0 spiro atoms. The predicted molar refractivity (Wildman–Crippen MR) is 117 cm³/mol. The van der Waals surface area contributed by atoms with E-state index in [4.69, 9.17) is 16.3 Å². The number of halogens is 2. The van der Waals surface area contributed by atoms with Crippen molar-refractivity contribution < 1.29 is 18.7 Å². The highest BCUT2D eigenvalue weighted by Crippen LogP contribution is 2.34. The van der Waals surface area contributed by atoms with Crippen molar-refractivity contribution >= 4 is 29.1 Å². The largest absolute Gasteiger partial charge is 0.495 e. The molecule has 0 saturated carbocycles. The molecule has 4 rings (SSSR count). The van der Waals surface area contributed by atoms with Gasteiger partial charge in [-0.15, -0.1) is 0 Å². The molecule has 1 N–H and O–H groups in total. The van der Waals surface area contributed by atoms with Crippen LogP contribution in [-0.4, -0.2) is 23.8 Å². The van der Waals surface area contributed by atoms with Gasteiger partial charge in [-0.25, -0.2) is 4.39 Å². The van der Waals surface area contributed by atoms with Crippen LogP contribution in [0, 0.1) is 5.82 Å². The van der Waals surface area contributed by atoms with Crippen molar-refractivity contribution in [1.29, 1.82) is 0 Å². The SMILES string of the molecule is COc1ccc(NC(=O)C[C@@H](c2ccc(F)cc2)N2Cc3ccccc3C2=O)cc1Cl. The summed E-state index contributed by atoms with van der Waals surface area (Å²) in [6.45, 7) is 0.388. The summed E-state index contributed by atoms with van der Waals surface area (Å²) in [6, 6.07) is 17.6. The summed E-state index contributed by atoms with van der Waals surface area (Å²) in [5, 5.41) is 3.19. The van der Waals surface area contributed by atoms with Crippen molar-refractivity contribution in [2.24, 2.45) is 0 Å². The van der Waals surface area contributed by atoms with Crippen molar-refractivity contribution in [3.05, 3.63) is 94.3 Å². The summed E-state index contributed by atoms with van der Waals surface area (Å²) < 4.78 is 18.6. The molecule has 1 aliphatic rings. The number of ether oxygens (including phenoxy) is 1. The standard InChI is InChI=1S/C24H20ClFN2O3/c1-31-22-11-10-18(12-20(22)25)27-23(29)13-21(15-6-8-17(26)9-7-15)28-14-16-4-2-3-5-19(16)24(28)30/h2-12,21H,13-14H2,1H3,(H,27,29)/t21-/m0/s1. The number of fused-ring (bicyclic) bond motifs is 1. The van der Waals surface area contributed by atoms with E-state index >= 15 is 0 Å². The molecule has 2 amide bonds. The van der Waals surface area contributed by atoms with Crippen LogP contribution in [0.25, 0.3) is 0 Å². The zero-order valence-corrected chi connectivity index (χ0v) is 17.5. The first-order valence-electron chi connectivity index (χ1n) is 9.74. The van der Waals surface area contributed by atoms with Crippen LogP contribution in [-0.2, 0) is 11.3 Å². The van der Waals surface area contributed by atoms with E-state index in [1.807, 2.05) is 18.2 Å². The molecule has 158 valence electrons. The Morgan fingerprint density at radius 2 is 1.90 bits per heavy atom. The minimum Gasteiger partial charge on any atom is -0.495 e. The fourth-order valence-electron chi connectivity index (χ4n) is 3.75. The molecule has 5 nitrogen and oxygen atoms in total.